The van der Waals surface area contributed by atoms with Gasteiger partial charge in [0.1, 0.15) is 0 Å². The largest absolute Gasteiger partial charge is 0.346 e. The van der Waals surface area contributed by atoms with Gasteiger partial charge in [-0.15, -0.1) is 11.6 Å². The molecule has 2 nitrogen and oxygen atoms in total. The molecule has 16 heavy (non-hydrogen) atoms. The first-order valence-electron chi connectivity index (χ1n) is 5.32. The molecule has 0 fully saturated rings. The van der Waals surface area contributed by atoms with E-state index in [0.29, 0.717) is 5.88 Å². The first-order valence-corrected chi connectivity index (χ1v) is 5.85. The van der Waals surface area contributed by atoms with Gasteiger partial charge in [0.05, 0.1) is 0 Å². The van der Waals surface area contributed by atoms with Gasteiger partial charge in [0.2, 0.25) is 0 Å². The number of nitrogens with one attached hydrogen (secondary N) is 1. The van der Waals surface area contributed by atoms with E-state index in [1.807, 2.05) is 45.9 Å². The van der Waals surface area contributed by atoms with E-state index in [1.54, 1.807) is 0 Å². The van der Waals surface area contributed by atoms with Gasteiger partial charge in [-0.25, -0.2) is 0 Å². The van der Waals surface area contributed by atoms with Crippen LogP contribution in [0.25, 0.3) is 0 Å². The van der Waals surface area contributed by atoms with Crippen molar-refractivity contribution in [1.82, 2.24) is 5.32 Å². The summed E-state index contributed by atoms with van der Waals surface area (Å²) < 4.78 is 0. The number of hydrogen-bond acceptors (Lipinski definition) is 1. The molecule has 0 unspecified atom stereocenters. The summed E-state index contributed by atoms with van der Waals surface area (Å²) in [5, 5.41) is 2.93. The van der Waals surface area contributed by atoms with Gasteiger partial charge in [-0.05, 0) is 38.8 Å². The van der Waals surface area contributed by atoms with Gasteiger partial charge in [0.15, 0.2) is 0 Å². The smallest absolute Gasteiger partial charge is 0.252 e. The summed E-state index contributed by atoms with van der Waals surface area (Å²) >= 11 is 5.79. The Bertz CT molecular complexity index is 379. The van der Waals surface area contributed by atoms with E-state index in [1.165, 1.54) is 0 Å². The minimum absolute atomic E-state index is 0.0544. The van der Waals surface area contributed by atoms with Crippen LogP contribution in [0.3, 0.4) is 0 Å². The van der Waals surface area contributed by atoms with E-state index < -0.39 is 0 Å². The van der Waals surface area contributed by atoms with Gasteiger partial charge in [0.25, 0.3) is 5.91 Å². The van der Waals surface area contributed by atoms with Crippen LogP contribution < -0.4 is 5.32 Å². The second-order valence-electron chi connectivity index (χ2n) is 4.74. The predicted octanol–water partition coefficient (Wildman–Crippen LogP) is 3.05. The molecule has 0 saturated carbocycles. The second kappa shape index (κ2) is 4.88. The predicted molar refractivity (Wildman–Crippen MR) is 68.2 cm³/mol. The Morgan fingerprint density at radius 1 is 1.31 bits per heavy atom. The number of halogens is 1. The Morgan fingerprint density at radius 3 is 2.25 bits per heavy atom. The molecule has 0 spiro atoms. The van der Waals surface area contributed by atoms with Crippen molar-refractivity contribution in [2.24, 2.45) is 0 Å². The third-order valence-corrected chi connectivity index (χ3v) is 3.16. The summed E-state index contributed by atoms with van der Waals surface area (Å²) in [6, 6.07) is 5.83. The number of rotatable bonds is 3. The third-order valence-electron chi connectivity index (χ3n) is 2.49. The molecule has 0 atom stereocenters. The highest BCUT2D eigenvalue weighted by Crippen LogP contribution is 2.15. The Labute approximate surface area is 102 Å². The lowest BCUT2D eigenvalue weighted by atomic mass is 10.0. The topological polar surface area (TPSA) is 29.1 Å². The Morgan fingerprint density at radius 2 is 1.81 bits per heavy atom. The average Bonchev–Trinajstić information content (AvgIpc) is 2.16. The van der Waals surface area contributed by atoms with Crippen molar-refractivity contribution in [2.75, 3.05) is 5.88 Å². The van der Waals surface area contributed by atoms with Crippen LogP contribution >= 0.6 is 11.6 Å². The zero-order valence-electron chi connectivity index (χ0n) is 10.2. The molecular weight excluding hydrogens is 222 g/mol. The van der Waals surface area contributed by atoms with Gasteiger partial charge in [-0.2, -0.15) is 0 Å². The van der Waals surface area contributed by atoms with Crippen molar-refractivity contribution in [3.05, 3.63) is 34.9 Å². The molecule has 88 valence electrons. The van der Waals surface area contributed by atoms with Crippen molar-refractivity contribution in [3.8, 4) is 0 Å². The monoisotopic (exact) mass is 239 g/mol. The lowest BCUT2D eigenvalue weighted by Gasteiger charge is -2.24. The highest BCUT2D eigenvalue weighted by atomic mass is 35.5. The maximum absolute atomic E-state index is 12.1. The second-order valence-corrected chi connectivity index (χ2v) is 5.01. The number of alkyl halides is 1. The van der Waals surface area contributed by atoms with Crippen LogP contribution in [-0.2, 0) is 0 Å². The van der Waals surface area contributed by atoms with Crippen LogP contribution in [0.1, 0.15) is 35.3 Å². The molecule has 0 radical (unpaired) electrons. The Balaban J connectivity index is 2.98. The normalized spacial score (nSPS) is 11.3. The molecule has 1 aromatic rings. The maximum atomic E-state index is 12.1. The van der Waals surface area contributed by atoms with E-state index in [0.717, 1.165) is 16.7 Å². The SMILES string of the molecule is Cc1cccc(C)c1C(=O)NC(C)(C)CCl. The minimum Gasteiger partial charge on any atom is -0.346 e. The first kappa shape index (κ1) is 13.0. The van der Waals surface area contributed by atoms with Crippen LogP contribution in [0.5, 0.6) is 0 Å². The molecular formula is C13H18ClNO. The zero-order chi connectivity index (χ0) is 12.3. The molecule has 0 saturated heterocycles. The molecule has 0 heterocycles. The quantitative estimate of drug-likeness (QED) is 0.808. The molecule has 1 rings (SSSR count). The summed E-state index contributed by atoms with van der Waals surface area (Å²) in [6.45, 7) is 7.70. The maximum Gasteiger partial charge on any atom is 0.252 e. The third kappa shape index (κ3) is 2.99. The number of amides is 1. The number of carbonyl (C=O) groups is 1. The van der Waals surface area contributed by atoms with E-state index in [-0.39, 0.29) is 11.4 Å². The molecule has 0 aliphatic carbocycles. The summed E-state index contributed by atoms with van der Waals surface area (Å²) in [5.41, 5.74) is 2.35. The lowest BCUT2D eigenvalue weighted by molar-refractivity contribution is 0.0919. The molecule has 0 bridgehead atoms. The van der Waals surface area contributed by atoms with Crippen molar-refractivity contribution in [1.29, 1.82) is 0 Å². The van der Waals surface area contributed by atoms with E-state index in [4.69, 9.17) is 11.6 Å². The van der Waals surface area contributed by atoms with Crippen LogP contribution in [0.4, 0.5) is 0 Å². The number of benzene rings is 1. The van der Waals surface area contributed by atoms with Crippen LogP contribution in [0, 0.1) is 13.8 Å². The van der Waals surface area contributed by atoms with Gasteiger partial charge >= 0.3 is 0 Å². The van der Waals surface area contributed by atoms with Gasteiger partial charge < -0.3 is 5.32 Å². The van der Waals surface area contributed by atoms with Crippen LogP contribution in [0.15, 0.2) is 18.2 Å². The highest BCUT2D eigenvalue weighted by molar-refractivity contribution is 6.18. The van der Waals surface area contributed by atoms with Crippen molar-refractivity contribution in [2.45, 2.75) is 33.2 Å². The summed E-state index contributed by atoms with van der Waals surface area (Å²) in [6.07, 6.45) is 0. The van der Waals surface area contributed by atoms with Gasteiger partial charge in [-0.1, -0.05) is 18.2 Å². The molecule has 0 aromatic heterocycles. The fourth-order valence-electron chi connectivity index (χ4n) is 1.58. The van der Waals surface area contributed by atoms with E-state index in [2.05, 4.69) is 5.32 Å². The van der Waals surface area contributed by atoms with Crippen molar-refractivity contribution in [3.63, 3.8) is 0 Å². The molecule has 0 aliphatic rings. The van der Waals surface area contributed by atoms with E-state index in [9.17, 15) is 4.79 Å². The molecule has 0 aliphatic heterocycles. The van der Waals surface area contributed by atoms with Gasteiger partial charge in [-0.3, -0.25) is 4.79 Å². The first-order chi connectivity index (χ1) is 7.37. The standard InChI is InChI=1S/C13H18ClNO/c1-9-6-5-7-10(2)11(9)12(16)15-13(3,4)8-14/h5-7H,8H2,1-4H3,(H,15,16). The fourth-order valence-corrected chi connectivity index (χ4v) is 1.64. The minimum atomic E-state index is -0.382. The van der Waals surface area contributed by atoms with E-state index >= 15 is 0 Å². The zero-order valence-corrected chi connectivity index (χ0v) is 11.0. The molecule has 1 aromatic carbocycles. The van der Waals surface area contributed by atoms with Crippen molar-refractivity contribution >= 4 is 17.5 Å². The molecule has 1 N–H and O–H groups in total. The summed E-state index contributed by atoms with van der Waals surface area (Å²) in [5.74, 6) is 0.338. The molecule has 3 heteroatoms. The summed E-state index contributed by atoms with van der Waals surface area (Å²) in [7, 11) is 0. The van der Waals surface area contributed by atoms with Crippen molar-refractivity contribution < 1.29 is 4.79 Å². The number of aryl methyl sites for hydroxylation is 2. The number of carbonyl (C=O) groups excluding carboxylic acids is 1. The Kier molecular flexibility index (Phi) is 3.98. The molecule has 1 amide bonds. The number of hydrogen-bond donors (Lipinski definition) is 1. The van der Waals surface area contributed by atoms with Crippen LogP contribution in [-0.4, -0.2) is 17.3 Å². The highest BCUT2D eigenvalue weighted by Gasteiger charge is 2.21. The lowest BCUT2D eigenvalue weighted by Crippen LogP contribution is -2.45. The summed E-state index contributed by atoms with van der Waals surface area (Å²) in [4.78, 5) is 12.1. The van der Waals surface area contributed by atoms with Crippen LogP contribution in [0.2, 0.25) is 0 Å². The Hall–Kier alpha value is -1.02. The van der Waals surface area contributed by atoms with Gasteiger partial charge in [0, 0.05) is 17.0 Å². The average molecular weight is 240 g/mol. The fraction of sp³-hybridized carbons (Fsp3) is 0.462.